The van der Waals surface area contributed by atoms with E-state index in [1.807, 2.05) is 0 Å². The molecule has 17 heavy (non-hydrogen) atoms. The summed E-state index contributed by atoms with van der Waals surface area (Å²) in [6, 6.07) is 0. The summed E-state index contributed by atoms with van der Waals surface area (Å²) in [6.07, 6.45) is 1.73. The van der Waals surface area contributed by atoms with Gasteiger partial charge in [-0.1, -0.05) is 0 Å². The Hall–Kier alpha value is -1.14. The minimum absolute atomic E-state index is 0.0958. The van der Waals surface area contributed by atoms with Gasteiger partial charge < -0.3 is 14.2 Å². The molecular formula is C11H21NO5. The van der Waals surface area contributed by atoms with E-state index in [-0.39, 0.29) is 25.0 Å². The monoisotopic (exact) mass is 247 g/mol. The Labute approximate surface area is 102 Å². The van der Waals surface area contributed by atoms with Crippen molar-refractivity contribution in [3.63, 3.8) is 0 Å². The van der Waals surface area contributed by atoms with Gasteiger partial charge >= 0.3 is 11.9 Å². The number of carbonyl (C=O) groups excluding carboxylic acids is 2. The number of carbonyl (C=O) groups is 2. The Kier molecular flexibility index (Phi) is 9.37. The van der Waals surface area contributed by atoms with Crippen molar-refractivity contribution in [2.75, 3.05) is 47.6 Å². The largest absolute Gasteiger partial charge is 0.468 e. The molecule has 0 aromatic carbocycles. The second-order valence-electron chi connectivity index (χ2n) is 3.56. The first kappa shape index (κ1) is 15.9. The second kappa shape index (κ2) is 10.0. The van der Waals surface area contributed by atoms with Gasteiger partial charge in [0.2, 0.25) is 0 Å². The zero-order valence-electron chi connectivity index (χ0n) is 10.7. The zero-order chi connectivity index (χ0) is 13.1. The summed E-state index contributed by atoms with van der Waals surface area (Å²) in [6.45, 7) is 1.50. The fourth-order valence-electron chi connectivity index (χ4n) is 1.29. The van der Waals surface area contributed by atoms with Crippen molar-refractivity contribution in [2.24, 2.45) is 0 Å². The highest BCUT2D eigenvalue weighted by Crippen LogP contribution is 1.97. The van der Waals surface area contributed by atoms with E-state index < -0.39 is 0 Å². The predicted octanol–water partition coefficient (Wildman–Crippen LogP) is 0.0610. The summed E-state index contributed by atoms with van der Waals surface area (Å²) in [5.74, 6) is -0.721. The quantitative estimate of drug-likeness (QED) is 0.424. The molecule has 0 aromatic heterocycles. The van der Waals surface area contributed by atoms with Gasteiger partial charge in [-0.05, 0) is 19.4 Å². The van der Waals surface area contributed by atoms with Gasteiger partial charge in [-0.15, -0.1) is 0 Å². The fourth-order valence-corrected chi connectivity index (χ4v) is 1.29. The van der Waals surface area contributed by atoms with Crippen LogP contribution in [0.2, 0.25) is 0 Å². The molecule has 0 fully saturated rings. The van der Waals surface area contributed by atoms with Crippen molar-refractivity contribution in [3.8, 4) is 0 Å². The summed E-state index contributed by atoms with van der Waals surface area (Å²) in [4.78, 5) is 24.0. The molecule has 0 spiro atoms. The maximum atomic E-state index is 11.1. The fraction of sp³-hybridized carbons (Fsp3) is 0.818. The maximum Gasteiger partial charge on any atom is 0.319 e. The van der Waals surface area contributed by atoms with Crippen molar-refractivity contribution in [2.45, 2.75) is 12.8 Å². The highest BCUT2D eigenvalue weighted by atomic mass is 16.5. The van der Waals surface area contributed by atoms with Gasteiger partial charge in [-0.2, -0.15) is 0 Å². The van der Waals surface area contributed by atoms with Crippen LogP contribution in [-0.4, -0.2) is 64.4 Å². The third-order valence-electron chi connectivity index (χ3n) is 2.23. The van der Waals surface area contributed by atoms with Crippen LogP contribution in [0.15, 0.2) is 0 Å². The molecule has 0 saturated heterocycles. The smallest absolute Gasteiger partial charge is 0.319 e. The molecular weight excluding hydrogens is 226 g/mol. The highest BCUT2D eigenvalue weighted by molar-refractivity contribution is 5.74. The van der Waals surface area contributed by atoms with E-state index in [9.17, 15) is 9.59 Å². The summed E-state index contributed by atoms with van der Waals surface area (Å²) in [5, 5.41) is 0. The van der Waals surface area contributed by atoms with Crippen molar-refractivity contribution in [1.82, 2.24) is 4.90 Å². The maximum absolute atomic E-state index is 11.1. The van der Waals surface area contributed by atoms with E-state index >= 15 is 0 Å². The number of esters is 2. The molecule has 0 unspecified atom stereocenters. The average Bonchev–Trinajstić information content (AvgIpc) is 2.33. The Balaban J connectivity index is 4.01. The van der Waals surface area contributed by atoms with Gasteiger partial charge in [0.05, 0.1) is 27.3 Å². The van der Waals surface area contributed by atoms with E-state index in [2.05, 4.69) is 9.47 Å². The van der Waals surface area contributed by atoms with Crippen molar-refractivity contribution in [3.05, 3.63) is 0 Å². The molecule has 0 bridgehead atoms. The first-order valence-corrected chi connectivity index (χ1v) is 5.49. The summed E-state index contributed by atoms with van der Waals surface area (Å²) >= 11 is 0. The molecule has 0 aliphatic carbocycles. The topological polar surface area (TPSA) is 65.1 Å². The second-order valence-corrected chi connectivity index (χ2v) is 3.56. The van der Waals surface area contributed by atoms with Crippen molar-refractivity contribution >= 4 is 11.9 Å². The van der Waals surface area contributed by atoms with Crippen LogP contribution in [0.5, 0.6) is 0 Å². The lowest BCUT2D eigenvalue weighted by molar-refractivity contribution is -0.145. The van der Waals surface area contributed by atoms with Crippen LogP contribution in [0.1, 0.15) is 12.8 Å². The highest BCUT2D eigenvalue weighted by Gasteiger charge is 2.14. The minimum atomic E-state index is -0.361. The molecule has 0 atom stereocenters. The molecule has 0 aliphatic heterocycles. The first-order chi connectivity index (χ1) is 8.13. The molecule has 0 N–H and O–H groups in total. The van der Waals surface area contributed by atoms with E-state index in [4.69, 9.17) is 4.74 Å². The molecule has 0 rings (SSSR count). The average molecular weight is 247 g/mol. The Morgan fingerprint density at radius 3 is 1.88 bits per heavy atom. The third-order valence-corrected chi connectivity index (χ3v) is 2.23. The number of methoxy groups -OCH3 is 3. The molecule has 0 amide bonds. The number of unbranched alkanes of at least 4 members (excludes halogenated alkanes) is 1. The zero-order valence-corrected chi connectivity index (χ0v) is 10.7. The molecule has 6 nitrogen and oxygen atoms in total. The summed E-state index contributed by atoms with van der Waals surface area (Å²) in [5.41, 5.74) is 0. The van der Waals surface area contributed by atoms with E-state index in [0.717, 1.165) is 12.8 Å². The summed E-state index contributed by atoms with van der Waals surface area (Å²) in [7, 11) is 4.29. The van der Waals surface area contributed by atoms with Crippen LogP contribution < -0.4 is 0 Å². The molecule has 0 radical (unpaired) electrons. The van der Waals surface area contributed by atoms with E-state index in [0.29, 0.717) is 13.2 Å². The molecule has 0 aromatic rings. The van der Waals surface area contributed by atoms with Crippen LogP contribution >= 0.6 is 0 Å². The van der Waals surface area contributed by atoms with E-state index in [1.54, 1.807) is 12.0 Å². The molecule has 0 saturated carbocycles. The lowest BCUT2D eigenvalue weighted by Crippen LogP contribution is -2.36. The van der Waals surface area contributed by atoms with Crippen LogP contribution in [0.4, 0.5) is 0 Å². The van der Waals surface area contributed by atoms with Gasteiger partial charge in [-0.25, -0.2) is 0 Å². The molecule has 6 heteroatoms. The first-order valence-electron chi connectivity index (χ1n) is 5.49. The van der Waals surface area contributed by atoms with Gasteiger partial charge in [0.15, 0.2) is 0 Å². The van der Waals surface area contributed by atoms with Gasteiger partial charge in [-0.3, -0.25) is 14.5 Å². The third kappa shape index (κ3) is 8.65. The standard InChI is InChI=1S/C11H21NO5/c1-15-7-5-4-6-12(8-10(13)16-2)9-11(14)17-3/h4-9H2,1-3H3. The van der Waals surface area contributed by atoms with Gasteiger partial charge in [0, 0.05) is 13.7 Å². The van der Waals surface area contributed by atoms with E-state index in [1.165, 1.54) is 14.2 Å². The number of hydrogen-bond acceptors (Lipinski definition) is 6. The normalized spacial score (nSPS) is 10.4. The summed E-state index contributed by atoms with van der Waals surface area (Å²) < 4.78 is 14.1. The van der Waals surface area contributed by atoms with Crippen molar-refractivity contribution < 1.29 is 23.8 Å². The lowest BCUT2D eigenvalue weighted by atomic mass is 10.3. The van der Waals surface area contributed by atoms with Crippen LogP contribution in [-0.2, 0) is 23.8 Å². The van der Waals surface area contributed by atoms with Gasteiger partial charge in [0.1, 0.15) is 0 Å². The molecule has 100 valence electrons. The molecule has 0 aliphatic rings. The number of ether oxygens (including phenoxy) is 3. The molecule has 0 heterocycles. The lowest BCUT2D eigenvalue weighted by Gasteiger charge is -2.19. The Morgan fingerprint density at radius 2 is 1.47 bits per heavy atom. The minimum Gasteiger partial charge on any atom is -0.468 e. The van der Waals surface area contributed by atoms with Crippen LogP contribution in [0, 0.1) is 0 Å². The predicted molar refractivity (Wildman–Crippen MR) is 61.6 cm³/mol. The van der Waals surface area contributed by atoms with Crippen LogP contribution in [0.3, 0.4) is 0 Å². The van der Waals surface area contributed by atoms with Gasteiger partial charge in [0.25, 0.3) is 0 Å². The number of nitrogens with zero attached hydrogens (tertiary/aromatic N) is 1. The Morgan fingerprint density at radius 1 is 0.941 bits per heavy atom. The number of rotatable bonds is 9. The number of hydrogen-bond donors (Lipinski definition) is 0. The Bertz CT molecular complexity index is 214. The van der Waals surface area contributed by atoms with Crippen molar-refractivity contribution in [1.29, 1.82) is 0 Å². The SMILES string of the molecule is COCCCCN(CC(=O)OC)CC(=O)OC. The van der Waals surface area contributed by atoms with Crippen LogP contribution in [0.25, 0.3) is 0 Å².